The number of piperazine rings is 1. The molecule has 3 amide bonds. The third kappa shape index (κ3) is 7.79. The Hall–Kier alpha value is -3.73. The first kappa shape index (κ1) is 33.6. The SMILES string of the molecule is CCCCN1C(=O)[C@@H]([C@H](O)C2CC=CC2)NC(=O)C12CCN(Cc1ccc(Oc3ccc(C(=O)NCCN(C)C)cc3)cc1)CC2. The van der Waals surface area contributed by atoms with Crippen LogP contribution < -0.4 is 15.4 Å². The van der Waals surface area contributed by atoms with Crippen LogP contribution in [0.25, 0.3) is 0 Å². The van der Waals surface area contributed by atoms with Gasteiger partial charge in [-0.05, 0) is 94.1 Å². The average molecular weight is 632 g/mol. The zero-order chi connectivity index (χ0) is 32.7. The number of carbonyl (C=O) groups is 3. The molecule has 0 saturated carbocycles. The molecule has 2 fully saturated rings. The second-order valence-corrected chi connectivity index (χ2v) is 13.1. The summed E-state index contributed by atoms with van der Waals surface area (Å²) >= 11 is 0. The first-order valence-electron chi connectivity index (χ1n) is 16.7. The third-order valence-electron chi connectivity index (χ3n) is 9.57. The van der Waals surface area contributed by atoms with Crippen molar-refractivity contribution in [2.45, 2.75) is 69.7 Å². The molecule has 2 aromatic rings. The van der Waals surface area contributed by atoms with Crippen molar-refractivity contribution >= 4 is 17.7 Å². The van der Waals surface area contributed by atoms with Gasteiger partial charge in [0.2, 0.25) is 11.8 Å². The fraction of sp³-hybridized carbons (Fsp3) is 0.528. The highest BCUT2D eigenvalue weighted by molar-refractivity contribution is 6.00. The Bertz CT molecular complexity index is 1360. The molecule has 2 atom stereocenters. The van der Waals surface area contributed by atoms with Gasteiger partial charge in [-0.25, -0.2) is 0 Å². The molecule has 5 rings (SSSR count). The number of amides is 3. The van der Waals surface area contributed by atoms with E-state index in [0.717, 1.165) is 44.3 Å². The van der Waals surface area contributed by atoms with Crippen LogP contribution in [0.3, 0.4) is 0 Å². The molecule has 248 valence electrons. The number of unbranched alkanes of at least 4 members (excludes halogenated alkanes) is 1. The molecule has 10 heteroatoms. The minimum Gasteiger partial charge on any atom is -0.457 e. The van der Waals surface area contributed by atoms with Gasteiger partial charge < -0.3 is 30.3 Å². The monoisotopic (exact) mass is 631 g/mol. The van der Waals surface area contributed by atoms with Crippen molar-refractivity contribution in [3.63, 3.8) is 0 Å². The Morgan fingerprint density at radius 2 is 1.67 bits per heavy atom. The summed E-state index contributed by atoms with van der Waals surface area (Å²) in [5.41, 5.74) is 0.855. The summed E-state index contributed by atoms with van der Waals surface area (Å²) in [5, 5.41) is 16.9. The number of allylic oxidation sites excluding steroid dienone is 2. The number of piperidine rings is 1. The lowest BCUT2D eigenvalue weighted by molar-refractivity contribution is -0.165. The van der Waals surface area contributed by atoms with Crippen LogP contribution in [0.5, 0.6) is 11.5 Å². The number of hydrogen-bond acceptors (Lipinski definition) is 7. The average Bonchev–Trinajstić information content (AvgIpc) is 3.60. The Labute approximate surface area is 272 Å². The van der Waals surface area contributed by atoms with E-state index in [4.69, 9.17) is 4.74 Å². The molecular weight excluding hydrogens is 582 g/mol. The molecule has 1 spiro atoms. The summed E-state index contributed by atoms with van der Waals surface area (Å²) in [6.07, 6.45) is 7.51. The fourth-order valence-corrected chi connectivity index (χ4v) is 6.70. The summed E-state index contributed by atoms with van der Waals surface area (Å²) in [4.78, 5) is 46.0. The van der Waals surface area contributed by atoms with Gasteiger partial charge in [-0.2, -0.15) is 0 Å². The van der Waals surface area contributed by atoms with E-state index in [1.165, 1.54) is 0 Å². The number of carbonyl (C=O) groups excluding carboxylic acids is 3. The molecule has 2 aliphatic heterocycles. The molecule has 2 aromatic carbocycles. The van der Waals surface area contributed by atoms with Crippen LogP contribution in [0.2, 0.25) is 0 Å². The Morgan fingerprint density at radius 3 is 2.28 bits per heavy atom. The number of benzene rings is 2. The van der Waals surface area contributed by atoms with E-state index in [2.05, 4.69) is 22.5 Å². The van der Waals surface area contributed by atoms with E-state index in [-0.39, 0.29) is 23.6 Å². The van der Waals surface area contributed by atoms with Crippen LogP contribution in [-0.2, 0) is 16.1 Å². The molecule has 0 radical (unpaired) electrons. The molecular formula is C36H49N5O5. The Morgan fingerprint density at radius 1 is 1.04 bits per heavy atom. The minimum absolute atomic E-state index is 0.0354. The van der Waals surface area contributed by atoms with Crippen molar-refractivity contribution in [3.05, 3.63) is 71.8 Å². The molecule has 46 heavy (non-hydrogen) atoms. The number of hydrogen-bond donors (Lipinski definition) is 3. The quantitative estimate of drug-likeness (QED) is 0.290. The van der Waals surface area contributed by atoms with Gasteiger partial charge in [-0.3, -0.25) is 19.3 Å². The lowest BCUT2D eigenvalue weighted by Gasteiger charge is -2.52. The van der Waals surface area contributed by atoms with Gasteiger partial charge >= 0.3 is 0 Å². The first-order chi connectivity index (χ1) is 22.2. The molecule has 3 aliphatic rings. The fourth-order valence-electron chi connectivity index (χ4n) is 6.70. The molecule has 1 aliphatic carbocycles. The van der Waals surface area contributed by atoms with Gasteiger partial charge in [-0.1, -0.05) is 37.6 Å². The van der Waals surface area contributed by atoms with Crippen LogP contribution in [0, 0.1) is 5.92 Å². The third-order valence-corrected chi connectivity index (χ3v) is 9.57. The molecule has 2 saturated heterocycles. The Balaban J connectivity index is 1.14. The molecule has 0 aromatic heterocycles. The molecule has 10 nitrogen and oxygen atoms in total. The standard InChI is InChI=1S/C36H49N5O5/c1-4-5-21-41-34(44)31(32(42)27-8-6-7-9-27)38-35(45)36(41)18-22-40(23-19-36)25-26-10-14-29(15-11-26)46-30-16-12-28(13-17-30)33(43)37-20-24-39(2)3/h6-7,10-17,27,31-32,42H,4-5,8-9,18-25H2,1-3H3,(H,37,43)(H,38,45)/t31-,32-/m1/s1. The lowest BCUT2D eigenvalue weighted by Crippen LogP contribution is -2.75. The largest absolute Gasteiger partial charge is 0.457 e. The predicted octanol–water partition coefficient (Wildman–Crippen LogP) is 3.56. The summed E-state index contributed by atoms with van der Waals surface area (Å²) < 4.78 is 6.01. The number of rotatable bonds is 13. The summed E-state index contributed by atoms with van der Waals surface area (Å²) in [7, 11) is 3.93. The predicted molar refractivity (Wildman–Crippen MR) is 178 cm³/mol. The zero-order valence-electron chi connectivity index (χ0n) is 27.4. The number of aliphatic hydroxyl groups is 1. The summed E-state index contributed by atoms with van der Waals surface area (Å²) in [6, 6.07) is 14.2. The second-order valence-electron chi connectivity index (χ2n) is 13.1. The zero-order valence-corrected chi connectivity index (χ0v) is 27.4. The van der Waals surface area contributed by atoms with Crippen molar-refractivity contribution in [2.24, 2.45) is 5.92 Å². The highest BCUT2D eigenvalue weighted by atomic mass is 16.5. The van der Waals surface area contributed by atoms with Crippen molar-refractivity contribution in [2.75, 3.05) is 46.8 Å². The first-order valence-corrected chi connectivity index (χ1v) is 16.7. The summed E-state index contributed by atoms with van der Waals surface area (Å²) in [5.74, 6) is 0.949. The summed E-state index contributed by atoms with van der Waals surface area (Å²) in [6.45, 7) is 6.10. The lowest BCUT2D eigenvalue weighted by atomic mass is 9.79. The van der Waals surface area contributed by atoms with Crippen molar-refractivity contribution < 1.29 is 24.2 Å². The topological polar surface area (TPSA) is 114 Å². The van der Waals surface area contributed by atoms with Crippen LogP contribution in [-0.4, -0.2) is 102 Å². The van der Waals surface area contributed by atoms with Crippen molar-refractivity contribution in [3.8, 4) is 11.5 Å². The van der Waals surface area contributed by atoms with Crippen LogP contribution in [0.4, 0.5) is 0 Å². The van der Waals surface area contributed by atoms with Crippen LogP contribution in [0.15, 0.2) is 60.7 Å². The second kappa shape index (κ2) is 15.2. The maximum absolute atomic E-state index is 13.8. The van der Waals surface area contributed by atoms with E-state index in [0.29, 0.717) is 56.1 Å². The minimum atomic E-state index is -0.885. The normalized spacial score (nSPS) is 20.7. The van der Waals surface area contributed by atoms with Gasteiger partial charge in [-0.15, -0.1) is 0 Å². The molecule has 3 N–H and O–H groups in total. The highest BCUT2D eigenvalue weighted by Crippen LogP contribution is 2.36. The highest BCUT2D eigenvalue weighted by Gasteiger charge is 2.55. The molecule has 0 unspecified atom stereocenters. The smallest absolute Gasteiger partial charge is 0.251 e. The van der Waals surface area contributed by atoms with Crippen LogP contribution >= 0.6 is 0 Å². The van der Waals surface area contributed by atoms with E-state index >= 15 is 0 Å². The van der Waals surface area contributed by atoms with Crippen molar-refractivity contribution in [1.29, 1.82) is 0 Å². The molecule has 2 heterocycles. The number of ether oxygens (including phenoxy) is 1. The van der Waals surface area contributed by atoms with E-state index in [9.17, 15) is 19.5 Å². The van der Waals surface area contributed by atoms with E-state index in [1.54, 1.807) is 29.2 Å². The van der Waals surface area contributed by atoms with Gasteiger partial charge in [0.25, 0.3) is 5.91 Å². The number of nitrogens with one attached hydrogen (secondary N) is 2. The van der Waals surface area contributed by atoms with E-state index in [1.807, 2.05) is 55.4 Å². The van der Waals surface area contributed by atoms with Gasteiger partial charge in [0.05, 0.1) is 6.10 Å². The number of likely N-dealkylation sites (tertiary alicyclic amines) is 1. The van der Waals surface area contributed by atoms with E-state index < -0.39 is 17.7 Å². The Kier molecular flexibility index (Phi) is 11.1. The number of aliphatic hydroxyl groups excluding tert-OH is 1. The van der Waals surface area contributed by atoms with Gasteiger partial charge in [0.15, 0.2) is 0 Å². The maximum atomic E-state index is 13.8. The number of nitrogens with zero attached hydrogens (tertiary/aromatic N) is 3. The maximum Gasteiger partial charge on any atom is 0.251 e. The van der Waals surface area contributed by atoms with Crippen LogP contribution in [0.1, 0.15) is 61.4 Å². The van der Waals surface area contributed by atoms with Crippen molar-refractivity contribution in [1.82, 2.24) is 25.3 Å². The van der Waals surface area contributed by atoms with Gasteiger partial charge in [0, 0.05) is 44.8 Å². The molecule has 0 bridgehead atoms. The van der Waals surface area contributed by atoms with Gasteiger partial charge in [0.1, 0.15) is 23.1 Å². The number of likely N-dealkylation sites (N-methyl/N-ethyl adjacent to an activating group) is 1.